The molecule has 5 aromatic rings. The number of alkyl halides is 5. The average Bonchev–Trinajstić information content (AvgIpc) is 3.64. The third-order valence-electron chi connectivity index (χ3n) is 8.40. The molecule has 0 radical (unpaired) electrons. The van der Waals surface area contributed by atoms with Crippen LogP contribution < -0.4 is 10.0 Å². The number of benzene rings is 2. The topological polar surface area (TPSA) is 124 Å². The maximum Gasteiger partial charge on any atom is 0.435 e. The number of hydrogen-bond acceptors (Lipinski definition) is 6. The fourth-order valence-corrected chi connectivity index (χ4v) is 7.30. The lowest BCUT2D eigenvalue weighted by atomic mass is 9.94. The zero-order valence-corrected chi connectivity index (χ0v) is 29.5. The quantitative estimate of drug-likeness (QED) is 0.0961. The molecule has 1 aliphatic carbocycles. The smallest absolute Gasteiger partial charge is 0.346 e. The van der Waals surface area contributed by atoms with Gasteiger partial charge in [-0.2, -0.15) is 32.1 Å². The fraction of sp³-hybridized carbons (Fsp3) is 0.273. The summed E-state index contributed by atoms with van der Waals surface area (Å²) in [4.78, 5) is 18.1. The first kappa shape index (κ1) is 37.9. The number of pyridine rings is 1. The van der Waals surface area contributed by atoms with Gasteiger partial charge in [0.2, 0.25) is 15.9 Å². The second kappa shape index (κ2) is 13.5. The molecule has 6 rings (SSSR count). The van der Waals surface area contributed by atoms with E-state index >= 15 is 8.78 Å². The zero-order valence-electron chi connectivity index (χ0n) is 27.2. The summed E-state index contributed by atoms with van der Waals surface area (Å²) < 4.78 is 129. The Kier molecular flexibility index (Phi) is 9.67. The molecule has 2 N–H and O–H groups in total. The van der Waals surface area contributed by atoms with Gasteiger partial charge < -0.3 is 5.32 Å². The Morgan fingerprint density at radius 3 is 2.38 bits per heavy atom. The lowest BCUT2D eigenvalue weighted by Gasteiger charge is -2.23. The summed E-state index contributed by atoms with van der Waals surface area (Å²) in [7, 11) is -2.34. The summed E-state index contributed by atoms with van der Waals surface area (Å²) in [5.41, 5.74) is -2.87. The molecule has 0 saturated carbocycles. The first-order valence-corrected chi connectivity index (χ1v) is 17.9. The van der Waals surface area contributed by atoms with Gasteiger partial charge in [0.05, 0.1) is 39.8 Å². The van der Waals surface area contributed by atoms with Crippen LogP contribution in [-0.4, -0.2) is 45.1 Å². The van der Waals surface area contributed by atoms with E-state index in [0.29, 0.717) is 11.6 Å². The number of nitrogens with zero attached hydrogens (tertiary/aromatic N) is 5. The normalized spacial score (nSPS) is 16.0. The number of hydrogen-bond donors (Lipinski definition) is 2. The molecule has 2 unspecified atom stereocenters. The van der Waals surface area contributed by atoms with Crippen LogP contribution in [0.4, 0.5) is 36.6 Å². The second-order valence-electron chi connectivity index (χ2n) is 12.2. The van der Waals surface area contributed by atoms with Gasteiger partial charge in [-0.15, -0.1) is 6.42 Å². The van der Waals surface area contributed by atoms with E-state index in [2.05, 4.69) is 25.2 Å². The van der Waals surface area contributed by atoms with Crippen LogP contribution in [0.2, 0.25) is 10.2 Å². The van der Waals surface area contributed by atoms with E-state index in [1.807, 2.05) is 0 Å². The first-order chi connectivity index (χ1) is 24.7. The maximum atomic E-state index is 15.3. The maximum absolute atomic E-state index is 15.3. The molecule has 0 spiro atoms. The first-order valence-electron chi connectivity index (χ1n) is 15.2. The number of fused-ring (bicyclic) bond motifs is 2. The highest BCUT2D eigenvalue weighted by Crippen LogP contribution is 2.49. The number of terminal acetylenes is 1. The number of amides is 1. The van der Waals surface area contributed by atoms with Crippen LogP contribution in [0.5, 0.6) is 0 Å². The Bertz CT molecular complexity index is 2440. The molecule has 2 aromatic carbocycles. The number of aryl methyl sites for hydroxylation is 1. The third-order valence-corrected chi connectivity index (χ3v) is 9.49. The minimum atomic E-state index is -5.15. The SMILES string of the molecule is C#CC1Cc2c(C(F)(F)F)nn(CC(=O)NC(Cc3cc(F)cc(F)c3)c3nc(Cl)ccc3-c3ccc(Cl)c4c(NS(C)(=O)=O)nn(C)c34)c2C1(F)F. The average molecular weight is 803 g/mol. The molecule has 1 aliphatic rings. The van der Waals surface area contributed by atoms with Crippen molar-refractivity contribution in [3.05, 3.63) is 92.5 Å². The summed E-state index contributed by atoms with van der Waals surface area (Å²) >= 11 is 12.8. The van der Waals surface area contributed by atoms with Gasteiger partial charge in [-0.05, 0) is 48.7 Å². The highest BCUT2D eigenvalue weighted by Gasteiger charge is 2.55. The Balaban J connectivity index is 1.48. The van der Waals surface area contributed by atoms with Gasteiger partial charge >= 0.3 is 12.1 Å². The number of rotatable bonds is 9. The Labute approximate surface area is 306 Å². The van der Waals surface area contributed by atoms with Crippen LogP contribution in [0.15, 0.2) is 42.5 Å². The number of halogens is 9. The molecular formula is C33H24Cl2F7N7O3S. The largest absolute Gasteiger partial charge is 0.435 e. The number of carbonyl (C=O) groups excluding carboxylic acids is 1. The van der Waals surface area contributed by atoms with Crippen molar-refractivity contribution in [2.75, 3.05) is 11.0 Å². The molecule has 10 nitrogen and oxygen atoms in total. The summed E-state index contributed by atoms with van der Waals surface area (Å²) in [6, 6.07) is 6.98. The van der Waals surface area contributed by atoms with Crippen molar-refractivity contribution < 1.29 is 43.9 Å². The van der Waals surface area contributed by atoms with Gasteiger partial charge in [0, 0.05) is 29.8 Å². The highest BCUT2D eigenvalue weighted by molar-refractivity contribution is 7.92. The van der Waals surface area contributed by atoms with Gasteiger partial charge in [0.1, 0.15) is 29.0 Å². The van der Waals surface area contributed by atoms with E-state index in [9.17, 15) is 35.2 Å². The minimum Gasteiger partial charge on any atom is -0.346 e. The van der Waals surface area contributed by atoms with Crippen molar-refractivity contribution in [3.8, 4) is 23.5 Å². The summed E-state index contributed by atoms with van der Waals surface area (Å²) in [6.07, 6.45) is -0.268. The van der Waals surface area contributed by atoms with Crippen LogP contribution in [0.25, 0.3) is 22.0 Å². The molecule has 53 heavy (non-hydrogen) atoms. The summed E-state index contributed by atoms with van der Waals surface area (Å²) in [6.45, 7) is -1.15. The Hall–Kier alpha value is -4.86. The van der Waals surface area contributed by atoms with Crippen LogP contribution >= 0.6 is 23.2 Å². The van der Waals surface area contributed by atoms with Crippen molar-refractivity contribution in [2.24, 2.45) is 13.0 Å². The lowest BCUT2D eigenvalue weighted by molar-refractivity contribution is -0.142. The lowest BCUT2D eigenvalue weighted by Crippen LogP contribution is -2.35. The predicted octanol–water partition coefficient (Wildman–Crippen LogP) is 6.80. The van der Waals surface area contributed by atoms with Crippen molar-refractivity contribution in [2.45, 2.75) is 37.5 Å². The van der Waals surface area contributed by atoms with E-state index < -0.39 is 88.0 Å². The van der Waals surface area contributed by atoms with E-state index in [1.54, 1.807) is 5.92 Å². The van der Waals surface area contributed by atoms with Crippen LogP contribution in [0.1, 0.15) is 34.3 Å². The van der Waals surface area contributed by atoms with Crippen molar-refractivity contribution >= 4 is 55.9 Å². The van der Waals surface area contributed by atoms with Gasteiger partial charge in [0.15, 0.2) is 11.5 Å². The van der Waals surface area contributed by atoms with Crippen molar-refractivity contribution in [1.82, 2.24) is 29.9 Å². The van der Waals surface area contributed by atoms with Crippen LogP contribution in [0, 0.1) is 29.9 Å². The fourth-order valence-electron chi connectivity index (χ4n) is 6.41. The predicted molar refractivity (Wildman–Crippen MR) is 181 cm³/mol. The minimum absolute atomic E-state index is 0.00955. The molecule has 278 valence electrons. The molecule has 3 heterocycles. The summed E-state index contributed by atoms with van der Waals surface area (Å²) in [5, 5.41) is 10.3. The van der Waals surface area contributed by atoms with E-state index in [4.69, 9.17) is 29.6 Å². The number of sulfonamides is 1. The molecule has 3 aromatic heterocycles. The van der Waals surface area contributed by atoms with Gasteiger partial charge in [-0.25, -0.2) is 22.2 Å². The third kappa shape index (κ3) is 7.37. The molecule has 2 atom stereocenters. The van der Waals surface area contributed by atoms with E-state index in [1.165, 1.54) is 36.0 Å². The molecule has 0 saturated heterocycles. The molecule has 20 heteroatoms. The molecule has 1 amide bonds. The molecule has 0 fully saturated rings. The van der Waals surface area contributed by atoms with Gasteiger partial charge in [0.25, 0.3) is 0 Å². The van der Waals surface area contributed by atoms with Gasteiger partial charge in [-0.1, -0.05) is 35.2 Å². The van der Waals surface area contributed by atoms with Gasteiger partial charge in [-0.3, -0.25) is 18.9 Å². The van der Waals surface area contributed by atoms with E-state index in [-0.39, 0.29) is 48.4 Å². The Morgan fingerprint density at radius 2 is 1.75 bits per heavy atom. The van der Waals surface area contributed by atoms with Crippen LogP contribution in [0.3, 0.4) is 0 Å². The number of anilines is 1. The molecule has 0 aliphatic heterocycles. The van der Waals surface area contributed by atoms with Crippen molar-refractivity contribution in [1.29, 1.82) is 0 Å². The van der Waals surface area contributed by atoms with E-state index in [0.717, 1.165) is 18.4 Å². The molecule has 0 bridgehead atoms. The summed E-state index contributed by atoms with van der Waals surface area (Å²) in [5.74, 6) is -7.27. The number of nitrogens with one attached hydrogen (secondary N) is 2. The van der Waals surface area contributed by atoms with Crippen LogP contribution in [-0.2, 0) is 53.4 Å². The monoisotopic (exact) mass is 801 g/mol. The number of aromatic nitrogens is 5. The molecular weight excluding hydrogens is 778 g/mol. The van der Waals surface area contributed by atoms with Crippen molar-refractivity contribution in [3.63, 3.8) is 0 Å². The second-order valence-corrected chi connectivity index (χ2v) is 14.8. The highest BCUT2D eigenvalue weighted by atomic mass is 35.5. The standard InChI is InChI=1S/C33H24Cl2F7N7O3S/c1-4-16-12-21-29(33(40,41)42)45-49(30(21)32(16,38)39)14-25(50)43-23(11-15-9-17(36)13-18(37)10-15)27-19(6-8-24(35)44-27)20-5-7-22(34)26-28(20)48(2)46-31(26)47-53(3,51)52/h1,5-10,13,16,23H,11-12,14H2,2-3H3,(H,43,50)(H,46,47). The number of carbonyl (C=O) groups is 1. The zero-order chi connectivity index (χ0) is 38.8. The Morgan fingerprint density at radius 1 is 1.09 bits per heavy atom.